The number of Topliss-reactive ketones (excluding diaryl/α,β-unsaturated/α-hetero) is 1. The van der Waals surface area contributed by atoms with E-state index in [1.807, 2.05) is 0 Å². The molecule has 0 aromatic carbocycles. The molecule has 3 heteroatoms. The summed E-state index contributed by atoms with van der Waals surface area (Å²) in [5.41, 5.74) is 0. The van der Waals surface area contributed by atoms with Crippen molar-refractivity contribution in [3.63, 3.8) is 0 Å². The van der Waals surface area contributed by atoms with Gasteiger partial charge in [-0.3, -0.25) is 4.79 Å². The zero-order chi connectivity index (χ0) is 9.80. The molecule has 2 aliphatic rings. The lowest BCUT2D eigenvalue weighted by atomic mass is 10.1. The molecule has 0 aromatic heterocycles. The molecular weight excluding hydrogens is 180 g/mol. The van der Waals surface area contributed by atoms with Crippen molar-refractivity contribution < 1.29 is 14.3 Å². The Hall–Kier alpha value is -0.410. The van der Waals surface area contributed by atoms with Crippen LogP contribution in [0.15, 0.2) is 0 Å². The third-order valence-corrected chi connectivity index (χ3v) is 3.00. The van der Waals surface area contributed by atoms with E-state index in [4.69, 9.17) is 9.47 Å². The standard InChI is InChI=1S/C11H18O3/c12-9-2-1-3-10(5-4-9)14-11-6-7-13-8-11/h10-11H,1-8H2. The van der Waals surface area contributed by atoms with E-state index in [9.17, 15) is 4.79 Å². The maximum Gasteiger partial charge on any atom is 0.133 e. The van der Waals surface area contributed by atoms with Crippen LogP contribution in [0.3, 0.4) is 0 Å². The Morgan fingerprint density at radius 3 is 2.86 bits per heavy atom. The number of hydrogen-bond acceptors (Lipinski definition) is 3. The van der Waals surface area contributed by atoms with Gasteiger partial charge in [-0.15, -0.1) is 0 Å². The van der Waals surface area contributed by atoms with Gasteiger partial charge in [0.2, 0.25) is 0 Å². The van der Waals surface area contributed by atoms with Crippen LogP contribution in [0, 0.1) is 0 Å². The molecule has 1 saturated heterocycles. The molecule has 0 bridgehead atoms. The number of ketones is 1. The summed E-state index contributed by atoms with van der Waals surface area (Å²) in [6.45, 7) is 1.57. The van der Waals surface area contributed by atoms with Crippen LogP contribution in [-0.2, 0) is 14.3 Å². The lowest BCUT2D eigenvalue weighted by molar-refractivity contribution is -0.119. The Bertz CT molecular complexity index is 197. The van der Waals surface area contributed by atoms with Crippen LogP contribution in [0.4, 0.5) is 0 Å². The second kappa shape index (κ2) is 4.89. The average Bonchev–Trinajstić information content (AvgIpc) is 2.58. The van der Waals surface area contributed by atoms with Crippen molar-refractivity contribution >= 4 is 5.78 Å². The van der Waals surface area contributed by atoms with Crippen LogP contribution in [0.1, 0.15) is 38.5 Å². The van der Waals surface area contributed by atoms with Gasteiger partial charge in [-0.1, -0.05) is 0 Å². The van der Waals surface area contributed by atoms with E-state index < -0.39 is 0 Å². The smallest absolute Gasteiger partial charge is 0.133 e. The number of carbonyl (C=O) groups is 1. The van der Waals surface area contributed by atoms with Gasteiger partial charge >= 0.3 is 0 Å². The third-order valence-electron chi connectivity index (χ3n) is 3.00. The fraction of sp³-hybridized carbons (Fsp3) is 0.909. The van der Waals surface area contributed by atoms with Gasteiger partial charge in [0.15, 0.2) is 0 Å². The predicted molar refractivity (Wildman–Crippen MR) is 52.2 cm³/mol. The minimum Gasteiger partial charge on any atom is -0.379 e. The Balaban J connectivity index is 1.76. The first-order chi connectivity index (χ1) is 6.84. The average molecular weight is 198 g/mol. The van der Waals surface area contributed by atoms with Crippen molar-refractivity contribution in [3.05, 3.63) is 0 Å². The van der Waals surface area contributed by atoms with Gasteiger partial charge in [0.1, 0.15) is 5.78 Å². The molecule has 2 fully saturated rings. The summed E-state index contributed by atoms with van der Waals surface area (Å²) in [6.07, 6.45) is 6.01. The molecule has 0 amide bonds. The SMILES string of the molecule is O=C1CCCC(OC2CCOC2)CC1. The summed E-state index contributed by atoms with van der Waals surface area (Å²) in [4.78, 5) is 11.2. The summed E-state index contributed by atoms with van der Waals surface area (Å²) < 4.78 is 11.2. The van der Waals surface area contributed by atoms with Gasteiger partial charge in [0, 0.05) is 19.4 Å². The normalized spacial score (nSPS) is 34.4. The Kier molecular flexibility index (Phi) is 3.54. The first kappa shape index (κ1) is 10.1. The topological polar surface area (TPSA) is 35.5 Å². The fourth-order valence-corrected chi connectivity index (χ4v) is 2.15. The monoisotopic (exact) mass is 198 g/mol. The van der Waals surface area contributed by atoms with Crippen molar-refractivity contribution in [3.8, 4) is 0 Å². The second-order valence-electron chi connectivity index (χ2n) is 4.21. The minimum absolute atomic E-state index is 0.285. The Morgan fingerprint density at radius 1 is 1.14 bits per heavy atom. The van der Waals surface area contributed by atoms with E-state index in [2.05, 4.69) is 0 Å². The van der Waals surface area contributed by atoms with Crippen LogP contribution < -0.4 is 0 Å². The van der Waals surface area contributed by atoms with Crippen LogP contribution in [0.2, 0.25) is 0 Å². The van der Waals surface area contributed by atoms with E-state index in [-0.39, 0.29) is 6.10 Å². The zero-order valence-corrected chi connectivity index (χ0v) is 8.54. The molecule has 3 nitrogen and oxygen atoms in total. The van der Waals surface area contributed by atoms with E-state index >= 15 is 0 Å². The van der Waals surface area contributed by atoms with Gasteiger partial charge in [0.25, 0.3) is 0 Å². The van der Waals surface area contributed by atoms with Crippen molar-refractivity contribution in [1.29, 1.82) is 0 Å². The Labute approximate surface area is 84.8 Å². The quantitative estimate of drug-likeness (QED) is 0.633. The molecule has 1 aliphatic carbocycles. The second-order valence-corrected chi connectivity index (χ2v) is 4.21. The molecule has 2 atom stereocenters. The molecule has 2 rings (SSSR count). The molecule has 1 saturated carbocycles. The minimum atomic E-state index is 0.285. The molecule has 0 aromatic rings. The van der Waals surface area contributed by atoms with Crippen LogP contribution in [0.25, 0.3) is 0 Å². The molecule has 0 spiro atoms. The highest BCUT2D eigenvalue weighted by Gasteiger charge is 2.23. The molecule has 14 heavy (non-hydrogen) atoms. The molecule has 1 aliphatic heterocycles. The fourth-order valence-electron chi connectivity index (χ4n) is 2.15. The van der Waals surface area contributed by atoms with Crippen LogP contribution in [0.5, 0.6) is 0 Å². The highest BCUT2D eigenvalue weighted by molar-refractivity contribution is 5.78. The van der Waals surface area contributed by atoms with E-state index in [1.165, 1.54) is 0 Å². The third kappa shape index (κ3) is 2.79. The van der Waals surface area contributed by atoms with E-state index in [0.29, 0.717) is 18.3 Å². The summed E-state index contributed by atoms with van der Waals surface area (Å²) in [6, 6.07) is 0. The molecule has 1 heterocycles. The maximum absolute atomic E-state index is 11.2. The number of hydrogen-bond donors (Lipinski definition) is 0. The van der Waals surface area contributed by atoms with Gasteiger partial charge in [-0.05, 0) is 25.7 Å². The summed E-state index contributed by atoms with van der Waals surface area (Å²) in [5.74, 6) is 0.402. The van der Waals surface area contributed by atoms with Crippen LogP contribution in [-0.4, -0.2) is 31.2 Å². The molecule has 2 unspecified atom stereocenters. The zero-order valence-electron chi connectivity index (χ0n) is 8.54. The van der Waals surface area contributed by atoms with Crippen LogP contribution >= 0.6 is 0 Å². The molecule has 0 N–H and O–H groups in total. The maximum atomic E-state index is 11.2. The summed E-state index contributed by atoms with van der Waals surface area (Å²) in [7, 11) is 0. The molecular formula is C11H18O3. The number of ether oxygens (including phenoxy) is 2. The van der Waals surface area contributed by atoms with Gasteiger partial charge in [0.05, 0.1) is 18.8 Å². The van der Waals surface area contributed by atoms with E-state index in [0.717, 1.165) is 45.3 Å². The largest absolute Gasteiger partial charge is 0.379 e. The first-order valence-corrected chi connectivity index (χ1v) is 5.59. The van der Waals surface area contributed by atoms with E-state index in [1.54, 1.807) is 0 Å². The van der Waals surface area contributed by atoms with Crippen molar-refractivity contribution in [2.75, 3.05) is 13.2 Å². The number of rotatable bonds is 2. The number of carbonyl (C=O) groups excluding carboxylic acids is 1. The molecule has 0 radical (unpaired) electrons. The van der Waals surface area contributed by atoms with Crippen molar-refractivity contribution in [2.24, 2.45) is 0 Å². The summed E-state index contributed by atoms with van der Waals surface area (Å²) in [5, 5.41) is 0. The summed E-state index contributed by atoms with van der Waals surface area (Å²) >= 11 is 0. The lowest BCUT2D eigenvalue weighted by Crippen LogP contribution is -2.22. The Morgan fingerprint density at radius 2 is 2.07 bits per heavy atom. The van der Waals surface area contributed by atoms with Gasteiger partial charge in [-0.2, -0.15) is 0 Å². The molecule has 80 valence electrons. The predicted octanol–water partition coefficient (Wildman–Crippen LogP) is 1.69. The highest BCUT2D eigenvalue weighted by Crippen LogP contribution is 2.21. The first-order valence-electron chi connectivity index (χ1n) is 5.59. The van der Waals surface area contributed by atoms with Gasteiger partial charge < -0.3 is 9.47 Å². The lowest BCUT2D eigenvalue weighted by Gasteiger charge is -2.19. The van der Waals surface area contributed by atoms with Crippen molar-refractivity contribution in [2.45, 2.75) is 50.7 Å². The highest BCUT2D eigenvalue weighted by atomic mass is 16.5. The van der Waals surface area contributed by atoms with Crippen molar-refractivity contribution in [1.82, 2.24) is 0 Å². The van der Waals surface area contributed by atoms with Gasteiger partial charge in [-0.25, -0.2) is 0 Å².